The molecule has 0 bridgehead atoms. The molecule has 4 atom stereocenters. The number of anilines is 1. The van der Waals surface area contributed by atoms with E-state index >= 15 is 0 Å². The summed E-state index contributed by atoms with van der Waals surface area (Å²) in [6.45, 7) is 0. The third kappa shape index (κ3) is 1.95. The topological polar surface area (TPSA) is 114 Å². The Bertz CT molecular complexity index is 737. The molecule has 2 aromatic heterocycles. The molecule has 4 heterocycles. The second-order valence-corrected chi connectivity index (χ2v) is 6.93. The van der Waals surface area contributed by atoms with Crippen LogP contribution in [0.3, 0.4) is 0 Å². The van der Waals surface area contributed by atoms with E-state index in [0.717, 1.165) is 5.32 Å². The molecule has 2 fully saturated rings. The number of nitrogen functional groups attached to an aromatic ring is 1. The van der Waals surface area contributed by atoms with Crippen LogP contribution in [0.1, 0.15) is 6.23 Å². The first-order valence-electron chi connectivity index (χ1n) is 6.63. The van der Waals surface area contributed by atoms with Gasteiger partial charge in [0, 0.05) is 0 Å². The average Bonchev–Trinajstić information content (AvgIpc) is 3.15. The van der Waals surface area contributed by atoms with Gasteiger partial charge in [0.2, 0.25) is 0 Å². The molecular formula is C12H13N5O4Se. The molecule has 0 aromatic carbocycles. The molecular weight excluding hydrogens is 357 g/mol. The van der Waals surface area contributed by atoms with Crippen LogP contribution in [0.2, 0.25) is 11.1 Å². The van der Waals surface area contributed by atoms with Crippen molar-refractivity contribution in [2.45, 2.75) is 35.7 Å². The van der Waals surface area contributed by atoms with Crippen LogP contribution in [0, 0.1) is 0 Å². The SMILES string of the molecule is C[Se]CC1OC(n2cnc3c(N)ncnc32)C2OC(=O)OC12. The molecule has 4 unspecified atom stereocenters. The van der Waals surface area contributed by atoms with Crippen LogP contribution in [0.4, 0.5) is 10.6 Å². The maximum atomic E-state index is 11.5. The van der Waals surface area contributed by atoms with Crippen molar-refractivity contribution >= 4 is 38.1 Å². The van der Waals surface area contributed by atoms with Crippen molar-refractivity contribution in [3.8, 4) is 0 Å². The number of rotatable bonds is 3. The molecule has 9 nitrogen and oxygen atoms in total. The van der Waals surface area contributed by atoms with E-state index in [2.05, 4.69) is 20.8 Å². The van der Waals surface area contributed by atoms with E-state index in [1.165, 1.54) is 6.33 Å². The fourth-order valence-corrected chi connectivity index (χ4v) is 4.06. The van der Waals surface area contributed by atoms with Gasteiger partial charge in [-0.15, -0.1) is 0 Å². The third-order valence-corrected chi connectivity index (χ3v) is 5.13. The van der Waals surface area contributed by atoms with Gasteiger partial charge in [-0.25, -0.2) is 0 Å². The second-order valence-electron chi connectivity index (χ2n) is 5.02. The molecule has 0 aliphatic carbocycles. The molecule has 2 aliphatic rings. The van der Waals surface area contributed by atoms with Gasteiger partial charge in [-0.1, -0.05) is 0 Å². The molecule has 0 spiro atoms. The number of nitrogens with two attached hydrogens (primary N) is 1. The number of imidazole rings is 1. The number of carbonyl (C=O) groups is 1. The van der Waals surface area contributed by atoms with Gasteiger partial charge in [0.15, 0.2) is 0 Å². The van der Waals surface area contributed by atoms with E-state index in [1.807, 2.05) is 0 Å². The molecule has 2 N–H and O–H groups in total. The van der Waals surface area contributed by atoms with E-state index in [4.69, 9.17) is 19.9 Å². The maximum absolute atomic E-state index is 11.5. The summed E-state index contributed by atoms with van der Waals surface area (Å²) in [5.41, 5.74) is 6.84. The van der Waals surface area contributed by atoms with Crippen LogP contribution in [0.5, 0.6) is 0 Å². The molecule has 2 aromatic rings. The Morgan fingerprint density at radius 2 is 2.14 bits per heavy atom. The zero-order chi connectivity index (χ0) is 15.3. The Kier molecular flexibility index (Phi) is 3.17. The van der Waals surface area contributed by atoms with Gasteiger partial charge < -0.3 is 0 Å². The van der Waals surface area contributed by atoms with Crippen molar-refractivity contribution in [1.29, 1.82) is 0 Å². The standard InChI is InChI=1S/C12H13N5O4Se/c1-22-2-5-7-8(21-12(18)20-7)11(19-5)17-4-16-6-9(13)14-3-15-10(6)17/h3-5,7-8,11H,2H2,1H3,(H2,13,14,15). The minimum atomic E-state index is -0.657. The number of fused-ring (bicyclic) bond motifs is 2. The molecule has 0 saturated carbocycles. The fourth-order valence-electron chi connectivity index (χ4n) is 2.80. The first-order valence-corrected chi connectivity index (χ1v) is 9.56. The predicted molar refractivity (Wildman–Crippen MR) is 75.2 cm³/mol. The van der Waals surface area contributed by atoms with Gasteiger partial charge in [-0.3, -0.25) is 0 Å². The van der Waals surface area contributed by atoms with Crippen LogP contribution >= 0.6 is 0 Å². The number of aromatic nitrogens is 4. The molecule has 0 amide bonds. The van der Waals surface area contributed by atoms with Crippen molar-refractivity contribution in [3.63, 3.8) is 0 Å². The Balaban J connectivity index is 1.74. The molecule has 4 rings (SSSR count). The molecule has 116 valence electrons. The Morgan fingerprint density at radius 1 is 1.32 bits per heavy atom. The summed E-state index contributed by atoms with van der Waals surface area (Å²) in [5, 5.41) is 0.838. The van der Waals surface area contributed by atoms with Gasteiger partial charge in [0.05, 0.1) is 0 Å². The Hall–Kier alpha value is -1.90. The normalized spacial score (nSPS) is 30.3. The van der Waals surface area contributed by atoms with E-state index in [0.29, 0.717) is 31.9 Å². The summed E-state index contributed by atoms with van der Waals surface area (Å²) in [6.07, 6.45) is 0.681. The number of ether oxygens (including phenoxy) is 3. The van der Waals surface area contributed by atoms with E-state index in [1.54, 1.807) is 10.9 Å². The van der Waals surface area contributed by atoms with Gasteiger partial charge in [-0.05, 0) is 0 Å². The summed E-state index contributed by atoms with van der Waals surface area (Å²) >= 11 is 0.392. The minimum absolute atomic E-state index is 0.178. The van der Waals surface area contributed by atoms with Crippen LogP contribution in [0.25, 0.3) is 11.2 Å². The van der Waals surface area contributed by atoms with Crippen LogP contribution in [-0.4, -0.2) is 58.9 Å². The first kappa shape index (κ1) is 13.7. The number of carbonyl (C=O) groups excluding carboxylic acids is 1. The zero-order valence-corrected chi connectivity index (χ0v) is 13.3. The van der Waals surface area contributed by atoms with Crippen molar-refractivity contribution in [1.82, 2.24) is 19.5 Å². The number of hydrogen-bond acceptors (Lipinski definition) is 8. The summed E-state index contributed by atoms with van der Waals surface area (Å²) in [7, 11) is 0. The first-order chi connectivity index (χ1) is 10.7. The van der Waals surface area contributed by atoms with Crippen molar-refractivity contribution in [2.24, 2.45) is 0 Å². The Labute approximate surface area is 131 Å². The van der Waals surface area contributed by atoms with Crippen molar-refractivity contribution in [3.05, 3.63) is 12.7 Å². The number of hydrogen-bond donors (Lipinski definition) is 1. The predicted octanol–water partition coefficient (Wildman–Crippen LogP) is 0.380. The zero-order valence-electron chi connectivity index (χ0n) is 11.6. The van der Waals surface area contributed by atoms with Gasteiger partial charge in [0.25, 0.3) is 0 Å². The molecule has 22 heavy (non-hydrogen) atoms. The summed E-state index contributed by atoms with van der Waals surface area (Å²) in [4.78, 5) is 23.8. The van der Waals surface area contributed by atoms with Gasteiger partial charge in [-0.2, -0.15) is 0 Å². The molecule has 10 heteroatoms. The monoisotopic (exact) mass is 371 g/mol. The molecule has 0 radical (unpaired) electrons. The third-order valence-electron chi connectivity index (χ3n) is 3.74. The van der Waals surface area contributed by atoms with Crippen molar-refractivity contribution < 1.29 is 19.0 Å². The van der Waals surface area contributed by atoms with E-state index < -0.39 is 24.6 Å². The van der Waals surface area contributed by atoms with E-state index in [-0.39, 0.29) is 6.10 Å². The summed E-state index contributed by atoms with van der Waals surface area (Å²) in [6, 6.07) is 0. The fraction of sp³-hybridized carbons (Fsp3) is 0.500. The summed E-state index contributed by atoms with van der Waals surface area (Å²) < 4.78 is 18.3. The van der Waals surface area contributed by atoms with Gasteiger partial charge in [0.1, 0.15) is 0 Å². The molecule has 2 saturated heterocycles. The van der Waals surface area contributed by atoms with Crippen molar-refractivity contribution in [2.75, 3.05) is 5.73 Å². The quantitative estimate of drug-likeness (QED) is 0.609. The average molecular weight is 370 g/mol. The Morgan fingerprint density at radius 3 is 2.95 bits per heavy atom. The van der Waals surface area contributed by atoms with Crippen LogP contribution < -0.4 is 5.73 Å². The molecule has 2 aliphatic heterocycles. The number of nitrogens with zero attached hydrogens (tertiary/aromatic N) is 4. The summed E-state index contributed by atoms with van der Waals surface area (Å²) in [5.74, 6) is 2.41. The van der Waals surface area contributed by atoms with Crippen LogP contribution in [0.15, 0.2) is 12.7 Å². The van der Waals surface area contributed by atoms with Gasteiger partial charge >= 0.3 is 131 Å². The second kappa shape index (κ2) is 5.08. The van der Waals surface area contributed by atoms with Crippen LogP contribution in [-0.2, 0) is 14.2 Å². The van der Waals surface area contributed by atoms with E-state index in [9.17, 15) is 4.79 Å².